The maximum absolute atomic E-state index is 6.20. The van der Waals surface area contributed by atoms with Crippen LogP contribution in [0.15, 0.2) is 30.3 Å². The molecule has 0 fully saturated rings. The maximum atomic E-state index is 6.20. The van der Waals surface area contributed by atoms with Crippen molar-refractivity contribution in [2.45, 2.75) is 39.7 Å². The smallest absolute Gasteiger partial charge is 0.213 e. The number of pyridine rings is 2. The van der Waals surface area contributed by atoms with Crippen molar-refractivity contribution in [3.63, 3.8) is 0 Å². The number of hydrogen-bond acceptors (Lipinski definition) is 5. The molecule has 0 spiro atoms. The van der Waals surface area contributed by atoms with Crippen molar-refractivity contribution in [3.05, 3.63) is 35.4 Å². The molecule has 158 valence electrons. The first-order valence-corrected chi connectivity index (χ1v) is 10.4. The summed E-state index contributed by atoms with van der Waals surface area (Å²) in [6, 6.07) is 9.90. The van der Waals surface area contributed by atoms with Crippen molar-refractivity contribution in [3.8, 4) is 5.88 Å². The fourth-order valence-electron chi connectivity index (χ4n) is 3.51. The second-order valence-electron chi connectivity index (χ2n) is 7.08. The molecule has 2 heterocycles. The molecule has 1 N–H and O–H groups in total. The van der Waals surface area contributed by atoms with Gasteiger partial charge in [0.1, 0.15) is 5.52 Å². The van der Waals surface area contributed by atoms with E-state index >= 15 is 0 Å². The molecule has 3 rings (SSSR count). The molecule has 0 aliphatic rings. The first kappa shape index (κ1) is 23.5. The highest BCUT2D eigenvalue weighted by Gasteiger charge is 2.14. The zero-order valence-electron chi connectivity index (χ0n) is 17.5. The fourth-order valence-corrected chi connectivity index (χ4v) is 3.68. The predicted octanol–water partition coefficient (Wildman–Crippen LogP) is 5.79. The van der Waals surface area contributed by atoms with E-state index < -0.39 is 0 Å². The summed E-state index contributed by atoms with van der Waals surface area (Å²) in [4.78, 5) is 11.9. The second kappa shape index (κ2) is 10.8. The highest BCUT2D eigenvalue weighted by molar-refractivity contribution is 6.31. The van der Waals surface area contributed by atoms with E-state index in [4.69, 9.17) is 21.3 Å². The van der Waals surface area contributed by atoms with Gasteiger partial charge >= 0.3 is 0 Å². The van der Waals surface area contributed by atoms with Gasteiger partial charge in [0.2, 0.25) is 5.88 Å². The molecule has 3 aromatic rings. The monoisotopic (exact) mass is 436 g/mol. The summed E-state index contributed by atoms with van der Waals surface area (Å²) in [5.74, 6) is 0.583. The summed E-state index contributed by atoms with van der Waals surface area (Å²) >= 11 is 6.20. The number of aromatic nitrogens is 2. The van der Waals surface area contributed by atoms with Crippen molar-refractivity contribution in [1.82, 2.24) is 14.9 Å². The third-order valence-corrected chi connectivity index (χ3v) is 5.40. The molecule has 7 heteroatoms. The molecule has 0 aliphatic heterocycles. The van der Waals surface area contributed by atoms with E-state index in [1.165, 1.54) is 0 Å². The molecule has 0 saturated heterocycles. The summed E-state index contributed by atoms with van der Waals surface area (Å²) in [7, 11) is 1.63. The van der Waals surface area contributed by atoms with Crippen molar-refractivity contribution in [2.75, 3.05) is 32.1 Å². The Morgan fingerprint density at radius 3 is 2.55 bits per heavy atom. The molecule has 1 aromatic carbocycles. The number of hydrogen-bond donors (Lipinski definition) is 1. The molecule has 0 aliphatic carbocycles. The summed E-state index contributed by atoms with van der Waals surface area (Å²) in [5, 5.41) is 5.39. The topological polar surface area (TPSA) is 50.3 Å². The Hall–Kier alpha value is -1.82. The molecule has 5 nitrogen and oxygen atoms in total. The highest BCUT2D eigenvalue weighted by atomic mass is 35.5. The van der Waals surface area contributed by atoms with Crippen LogP contribution < -0.4 is 10.1 Å². The molecular weight excluding hydrogens is 407 g/mol. The fraction of sp³-hybridized carbons (Fsp3) is 0.455. The number of nitrogens with one attached hydrogen (secondary N) is 1. The lowest BCUT2D eigenvalue weighted by Gasteiger charge is -2.21. The van der Waals surface area contributed by atoms with E-state index in [1.807, 2.05) is 30.3 Å². The largest absolute Gasteiger partial charge is 0.481 e. The quantitative estimate of drug-likeness (QED) is 0.430. The van der Waals surface area contributed by atoms with Gasteiger partial charge in [0.15, 0.2) is 0 Å². The Morgan fingerprint density at radius 2 is 1.86 bits per heavy atom. The lowest BCUT2D eigenvalue weighted by atomic mass is 10.1. The van der Waals surface area contributed by atoms with Gasteiger partial charge < -0.3 is 15.0 Å². The van der Waals surface area contributed by atoms with Gasteiger partial charge in [-0.15, -0.1) is 12.4 Å². The minimum Gasteiger partial charge on any atom is -0.481 e. The molecule has 0 radical (unpaired) electrons. The van der Waals surface area contributed by atoms with Crippen molar-refractivity contribution in [2.24, 2.45) is 0 Å². The molecule has 2 aromatic heterocycles. The van der Waals surface area contributed by atoms with Crippen LogP contribution in [0.25, 0.3) is 21.9 Å². The van der Waals surface area contributed by atoms with Crippen LogP contribution >= 0.6 is 24.0 Å². The average molecular weight is 437 g/mol. The summed E-state index contributed by atoms with van der Waals surface area (Å²) in [6.07, 6.45) is 2.23. The Labute approximate surface area is 184 Å². The first-order valence-electron chi connectivity index (χ1n) is 9.98. The summed E-state index contributed by atoms with van der Waals surface area (Å²) in [6.45, 7) is 9.97. The Bertz CT molecular complexity index is 947. The van der Waals surface area contributed by atoms with Crippen LogP contribution in [0, 0.1) is 0 Å². The minimum absolute atomic E-state index is 0. The zero-order chi connectivity index (χ0) is 20.1. The number of halogens is 2. The predicted molar refractivity (Wildman–Crippen MR) is 126 cm³/mol. The first-order chi connectivity index (χ1) is 13.5. The Morgan fingerprint density at radius 1 is 1.10 bits per heavy atom. The van der Waals surface area contributed by atoms with E-state index in [0.29, 0.717) is 16.9 Å². The lowest BCUT2D eigenvalue weighted by Crippen LogP contribution is -2.25. The molecule has 1 atom stereocenters. The van der Waals surface area contributed by atoms with Crippen LogP contribution in [0.1, 0.15) is 33.6 Å². The SMILES string of the molecule is CCN(CC)CCCC(C)Nc1c2ccc(Cl)cc2nc2ccc(OC)nc12.Cl. The van der Waals surface area contributed by atoms with Crippen molar-refractivity contribution < 1.29 is 4.74 Å². The zero-order valence-corrected chi connectivity index (χ0v) is 19.1. The Balaban J connectivity index is 0.00000300. The van der Waals surface area contributed by atoms with Gasteiger partial charge in [0.05, 0.1) is 23.8 Å². The van der Waals surface area contributed by atoms with Crippen LogP contribution in [0.4, 0.5) is 5.69 Å². The van der Waals surface area contributed by atoms with E-state index in [0.717, 1.165) is 60.1 Å². The number of methoxy groups -OCH3 is 1. The van der Waals surface area contributed by atoms with Gasteiger partial charge in [0.25, 0.3) is 0 Å². The van der Waals surface area contributed by atoms with E-state index in [1.54, 1.807) is 7.11 Å². The molecular formula is C22H30Cl2N4O. The van der Waals surface area contributed by atoms with Crippen molar-refractivity contribution in [1.29, 1.82) is 0 Å². The van der Waals surface area contributed by atoms with Gasteiger partial charge in [-0.2, -0.15) is 0 Å². The van der Waals surface area contributed by atoms with E-state index in [2.05, 4.69) is 36.0 Å². The number of ether oxygens (including phenoxy) is 1. The molecule has 0 saturated carbocycles. The maximum Gasteiger partial charge on any atom is 0.213 e. The standard InChI is InChI=1S/C22H29ClN4O.ClH/c1-5-27(6-2)13-7-8-15(3)24-21-17-10-9-16(23)14-19(17)25-18-11-12-20(28-4)26-22(18)21;/h9-12,14-15H,5-8,13H2,1-4H3,(H,24,25);1H. The van der Waals surface area contributed by atoms with E-state index in [9.17, 15) is 0 Å². The number of anilines is 1. The molecule has 1 unspecified atom stereocenters. The number of fused-ring (bicyclic) bond motifs is 2. The van der Waals surface area contributed by atoms with E-state index in [-0.39, 0.29) is 12.4 Å². The van der Waals surface area contributed by atoms with Crippen LogP contribution in [-0.4, -0.2) is 47.7 Å². The molecule has 0 amide bonds. The highest BCUT2D eigenvalue weighted by Crippen LogP contribution is 2.33. The number of rotatable bonds is 9. The third kappa shape index (κ3) is 5.62. The van der Waals surface area contributed by atoms with Gasteiger partial charge in [0, 0.05) is 22.5 Å². The lowest BCUT2D eigenvalue weighted by molar-refractivity contribution is 0.295. The van der Waals surface area contributed by atoms with Gasteiger partial charge in [-0.05, 0) is 63.7 Å². The van der Waals surface area contributed by atoms with Crippen LogP contribution in [-0.2, 0) is 0 Å². The van der Waals surface area contributed by atoms with Crippen LogP contribution in [0.2, 0.25) is 5.02 Å². The van der Waals surface area contributed by atoms with Gasteiger partial charge in [-0.1, -0.05) is 25.4 Å². The normalized spacial score (nSPS) is 12.2. The summed E-state index contributed by atoms with van der Waals surface area (Å²) in [5.41, 5.74) is 3.51. The Kier molecular flexibility index (Phi) is 8.75. The van der Waals surface area contributed by atoms with Crippen LogP contribution in [0.3, 0.4) is 0 Å². The van der Waals surface area contributed by atoms with Gasteiger partial charge in [-0.3, -0.25) is 0 Å². The van der Waals surface area contributed by atoms with Gasteiger partial charge in [-0.25, -0.2) is 9.97 Å². The summed E-state index contributed by atoms with van der Waals surface area (Å²) < 4.78 is 5.34. The second-order valence-corrected chi connectivity index (χ2v) is 7.52. The number of benzene rings is 1. The minimum atomic E-state index is 0. The third-order valence-electron chi connectivity index (χ3n) is 5.16. The van der Waals surface area contributed by atoms with Crippen LogP contribution in [0.5, 0.6) is 5.88 Å². The molecule has 0 bridgehead atoms. The van der Waals surface area contributed by atoms with Crippen molar-refractivity contribution >= 4 is 51.6 Å². The number of nitrogens with zero attached hydrogens (tertiary/aromatic N) is 3. The molecule has 29 heavy (non-hydrogen) atoms. The average Bonchev–Trinajstić information content (AvgIpc) is 2.70.